The van der Waals surface area contributed by atoms with Crippen LogP contribution in [0.4, 0.5) is 11.7 Å². The van der Waals surface area contributed by atoms with Crippen molar-refractivity contribution in [3.8, 4) is 11.6 Å². The van der Waals surface area contributed by atoms with Gasteiger partial charge in [-0.2, -0.15) is 5.10 Å². The minimum Gasteiger partial charge on any atom is -0.397 e. The van der Waals surface area contributed by atoms with Gasteiger partial charge in [0.2, 0.25) is 0 Å². The summed E-state index contributed by atoms with van der Waals surface area (Å²) in [5.74, 6) is 0.497. The zero-order valence-corrected chi connectivity index (χ0v) is 12.7. The summed E-state index contributed by atoms with van der Waals surface area (Å²) in [7, 11) is 3.80. The lowest BCUT2D eigenvalue weighted by Gasteiger charge is -2.07. The van der Waals surface area contributed by atoms with Crippen LogP contribution in [-0.4, -0.2) is 53.4 Å². The van der Waals surface area contributed by atoms with E-state index in [1.807, 2.05) is 19.0 Å². The Labute approximate surface area is 131 Å². The molecule has 0 radical (unpaired) electrons. The molecule has 0 bridgehead atoms. The number of furan rings is 1. The summed E-state index contributed by atoms with van der Waals surface area (Å²) in [5.41, 5.74) is 2.72. The third-order valence-electron chi connectivity index (χ3n) is 2.46. The van der Waals surface area contributed by atoms with Crippen molar-refractivity contribution in [1.29, 1.82) is 0 Å². The smallest absolute Gasteiger partial charge is 0.397 e. The number of nitrogens with one attached hydrogen (secondary N) is 1. The van der Waals surface area contributed by atoms with Gasteiger partial charge in [0.1, 0.15) is 10.7 Å². The molecule has 2 heterocycles. The van der Waals surface area contributed by atoms with Gasteiger partial charge in [0.05, 0.1) is 25.6 Å². The second-order valence-electron chi connectivity index (χ2n) is 4.66. The van der Waals surface area contributed by atoms with Crippen LogP contribution in [0.2, 0.25) is 0 Å². The molecule has 122 valence electrons. The largest absolute Gasteiger partial charge is 0.433 e. The molecule has 0 saturated heterocycles. The lowest BCUT2D eigenvalue weighted by Crippen LogP contribution is -2.16. The summed E-state index contributed by atoms with van der Waals surface area (Å²) in [6, 6.07) is 4.30. The third-order valence-corrected chi connectivity index (χ3v) is 2.46. The van der Waals surface area contributed by atoms with E-state index in [1.165, 1.54) is 18.3 Å². The first-order valence-electron chi connectivity index (χ1n) is 6.64. The maximum Gasteiger partial charge on any atom is 0.433 e. The maximum atomic E-state index is 10.6. The number of hydrogen-bond acceptors (Lipinski definition) is 9. The fourth-order valence-corrected chi connectivity index (χ4v) is 1.52. The lowest BCUT2D eigenvalue weighted by molar-refractivity contribution is -0.401. The highest BCUT2D eigenvalue weighted by Gasteiger charge is 2.15. The Morgan fingerprint density at radius 1 is 1.48 bits per heavy atom. The van der Waals surface area contributed by atoms with Crippen molar-refractivity contribution >= 4 is 17.9 Å². The van der Waals surface area contributed by atoms with Gasteiger partial charge in [-0.05, 0) is 20.2 Å². The van der Waals surface area contributed by atoms with Crippen LogP contribution in [0.1, 0.15) is 0 Å². The molecular weight excluding hydrogens is 304 g/mol. The van der Waals surface area contributed by atoms with Crippen LogP contribution in [0.25, 0.3) is 11.6 Å². The minimum absolute atomic E-state index is 0.207. The number of rotatable bonds is 8. The first-order valence-corrected chi connectivity index (χ1v) is 6.64. The van der Waals surface area contributed by atoms with Gasteiger partial charge in [-0.15, -0.1) is 0 Å². The molecule has 0 aliphatic rings. The van der Waals surface area contributed by atoms with Crippen LogP contribution < -0.4 is 5.43 Å². The number of anilines is 1. The molecule has 0 aliphatic carbocycles. The standard InChI is InChI=1S/C13H16N6O4/c1-18(2)9-22-8-7-15-17-11-5-6-14-13(16-11)10-3-4-12(23-10)19(20)21/h3-7H,8-9H2,1-2H3,(H,14,16,17). The first-order chi connectivity index (χ1) is 11.1. The van der Waals surface area contributed by atoms with Gasteiger partial charge in [-0.3, -0.25) is 20.4 Å². The van der Waals surface area contributed by atoms with Crippen LogP contribution in [0.15, 0.2) is 33.9 Å². The van der Waals surface area contributed by atoms with Crippen molar-refractivity contribution in [3.05, 3.63) is 34.5 Å². The van der Waals surface area contributed by atoms with E-state index in [9.17, 15) is 10.1 Å². The van der Waals surface area contributed by atoms with Gasteiger partial charge in [0.25, 0.3) is 0 Å². The summed E-state index contributed by atoms with van der Waals surface area (Å²) in [5, 5.41) is 14.6. The molecule has 0 aliphatic heterocycles. The van der Waals surface area contributed by atoms with Crippen LogP contribution >= 0.6 is 0 Å². The van der Waals surface area contributed by atoms with E-state index in [0.29, 0.717) is 19.2 Å². The predicted molar refractivity (Wildman–Crippen MR) is 83.0 cm³/mol. The van der Waals surface area contributed by atoms with Gasteiger partial charge in [-0.1, -0.05) is 0 Å². The van der Waals surface area contributed by atoms with Gasteiger partial charge >= 0.3 is 5.88 Å². The fourth-order valence-electron chi connectivity index (χ4n) is 1.52. The first kappa shape index (κ1) is 16.5. The van der Waals surface area contributed by atoms with Crippen molar-refractivity contribution in [2.75, 3.05) is 32.9 Å². The van der Waals surface area contributed by atoms with Gasteiger partial charge in [-0.25, -0.2) is 9.97 Å². The molecular formula is C13H16N6O4. The molecule has 0 saturated carbocycles. The molecule has 10 heteroatoms. The highest BCUT2D eigenvalue weighted by molar-refractivity contribution is 5.60. The average molecular weight is 320 g/mol. The lowest BCUT2D eigenvalue weighted by atomic mass is 10.4. The topological polar surface area (TPSA) is 119 Å². The molecule has 0 spiro atoms. The summed E-state index contributed by atoms with van der Waals surface area (Å²) in [4.78, 5) is 20.0. The number of nitrogens with zero attached hydrogens (tertiary/aromatic N) is 5. The Bertz CT molecular complexity index is 685. The molecule has 2 rings (SSSR count). The normalized spacial score (nSPS) is 11.3. The molecule has 0 atom stereocenters. The second kappa shape index (κ2) is 7.96. The zero-order chi connectivity index (χ0) is 16.7. The second-order valence-corrected chi connectivity index (χ2v) is 4.66. The molecule has 23 heavy (non-hydrogen) atoms. The molecule has 0 aromatic carbocycles. The highest BCUT2D eigenvalue weighted by atomic mass is 16.6. The third kappa shape index (κ3) is 5.13. The van der Waals surface area contributed by atoms with E-state index < -0.39 is 4.92 Å². The van der Waals surface area contributed by atoms with Crippen molar-refractivity contribution in [1.82, 2.24) is 14.9 Å². The van der Waals surface area contributed by atoms with E-state index in [-0.39, 0.29) is 17.5 Å². The Balaban J connectivity index is 1.94. The van der Waals surface area contributed by atoms with Crippen molar-refractivity contribution in [2.45, 2.75) is 0 Å². The van der Waals surface area contributed by atoms with E-state index >= 15 is 0 Å². The Morgan fingerprint density at radius 3 is 3.00 bits per heavy atom. The van der Waals surface area contributed by atoms with Gasteiger partial charge < -0.3 is 9.15 Å². The molecule has 10 nitrogen and oxygen atoms in total. The Morgan fingerprint density at radius 2 is 2.30 bits per heavy atom. The number of aromatic nitrogens is 2. The monoisotopic (exact) mass is 320 g/mol. The maximum absolute atomic E-state index is 10.6. The quantitative estimate of drug-likeness (QED) is 0.256. The zero-order valence-electron chi connectivity index (χ0n) is 12.7. The Hall–Kier alpha value is -2.85. The van der Waals surface area contributed by atoms with E-state index in [4.69, 9.17) is 9.15 Å². The van der Waals surface area contributed by atoms with E-state index in [0.717, 1.165) is 0 Å². The van der Waals surface area contributed by atoms with E-state index in [1.54, 1.807) is 12.3 Å². The molecule has 0 unspecified atom stereocenters. The molecule has 2 aromatic rings. The minimum atomic E-state index is -0.621. The van der Waals surface area contributed by atoms with Crippen molar-refractivity contribution in [2.24, 2.45) is 5.10 Å². The summed E-state index contributed by atoms with van der Waals surface area (Å²) in [6.45, 7) is 0.856. The predicted octanol–water partition coefficient (Wildman–Crippen LogP) is 1.58. The molecule has 0 fully saturated rings. The summed E-state index contributed by atoms with van der Waals surface area (Å²) < 4.78 is 10.3. The number of ether oxygens (including phenoxy) is 1. The van der Waals surface area contributed by atoms with E-state index in [2.05, 4.69) is 20.5 Å². The molecule has 0 amide bonds. The Kier molecular flexibility index (Phi) is 5.72. The summed E-state index contributed by atoms with van der Waals surface area (Å²) in [6.07, 6.45) is 3.06. The van der Waals surface area contributed by atoms with Crippen molar-refractivity contribution in [3.63, 3.8) is 0 Å². The average Bonchev–Trinajstić information content (AvgIpc) is 3.01. The van der Waals surface area contributed by atoms with Crippen LogP contribution in [0.3, 0.4) is 0 Å². The molecule has 2 aromatic heterocycles. The van der Waals surface area contributed by atoms with Crippen LogP contribution in [0.5, 0.6) is 0 Å². The van der Waals surface area contributed by atoms with Gasteiger partial charge in [0.15, 0.2) is 11.6 Å². The summed E-state index contributed by atoms with van der Waals surface area (Å²) >= 11 is 0. The van der Waals surface area contributed by atoms with Crippen LogP contribution in [0, 0.1) is 10.1 Å². The fraction of sp³-hybridized carbons (Fsp3) is 0.308. The van der Waals surface area contributed by atoms with Gasteiger partial charge in [0, 0.05) is 12.3 Å². The number of nitro groups is 1. The number of hydrazone groups is 1. The van der Waals surface area contributed by atoms with Crippen LogP contribution in [-0.2, 0) is 4.74 Å². The SMILES string of the molecule is CN(C)COCC=NNc1ccnc(-c2ccc([N+](=O)[O-])o2)n1. The number of hydrogen-bond donors (Lipinski definition) is 1. The molecule has 1 N–H and O–H groups in total. The van der Waals surface area contributed by atoms with Crippen molar-refractivity contribution < 1.29 is 14.1 Å². The highest BCUT2D eigenvalue weighted by Crippen LogP contribution is 2.23.